The van der Waals surface area contributed by atoms with Crippen molar-refractivity contribution in [2.24, 2.45) is 0 Å². The number of furan rings is 1. The van der Waals surface area contributed by atoms with Gasteiger partial charge in [-0.2, -0.15) is 0 Å². The number of nitrogens with one attached hydrogen (secondary N) is 1. The van der Waals surface area contributed by atoms with Crippen LogP contribution >= 0.6 is 31.9 Å². The van der Waals surface area contributed by atoms with Gasteiger partial charge in [-0.3, -0.25) is 4.79 Å². The maximum Gasteiger partial charge on any atom is 0.228 e. The van der Waals surface area contributed by atoms with Gasteiger partial charge in [-0.25, -0.2) is 0 Å². The highest BCUT2D eigenvalue weighted by atomic mass is 79.9. The SMILES string of the molecule is COc1ccc2c(CC(=O)Nc3ccc(Br)cc3Br)coc2c1. The summed E-state index contributed by atoms with van der Waals surface area (Å²) in [7, 11) is 1.61. The first-order valence-corrected chi connectivity index (χ1v) is 8.44. The Hall–Kier alpha value is -1.79. The molecule has 3 rings (SSSR count). The molecule has 0 radical (unpaired) electrons. The predicted molar refractivity (Wildman–Crippen MR) is 96.9 cm³/mol. The maximum atomic E-state index is 12.3. The summed E-state index contributed by atoms with van der Waals surface area (Å²) >= 11 is 6.82. The molecule has 0 fully saturated rings. The second-order valence-electron chi connectivity index (χ2n) is 4.97. The number of fused-ring (bicyclic) bond motifs is 1. The molecular weight excluding hydrogens is 426 g/mol. The van der Waals surface area contributed by atoms with E-state index < -0.39 is 0 Å². The Morgan fingerprint density at radius 2 is 2.04 bits per heavy atom. The van der Waals surface area contributed by atoms with Crippen LogP contribution in [0, 0.1) is 0 Å². The van der Waals surface area contributed by atoms with Gasteiger partial charge in [0, 0.05) is 26.0 Å². The molecule has 2 aromatic carbocycles. The largest absolute Gasteiger partial charge is 0.497 e. The standard InChI is InChI=1S/C17H13Br2NO3/c1-22-12-3-4-13-10(9-23-16(13)8-12)6-17(21)20-15-5-2-11(18)7-14(15)19/h2-5,7-9H,6H2,1H3,(H,20,21). The Balaban J connectivity index is 1.77. The molecule has 0 aliphatic heterocycles. The smallest absolute Gasteiger partial charge is 0.228 e. The van der Waals surface area contributed by atoms with Gasteiger partial charge in [-0.15, -0.1) is 0 Å². The number of ether oxygens (including phenoxy) is 1. The maximum absolute atomic E-state index is 12.3. The molecule has 3 aromatic rings. The summed E-state index contributed by atoms with van der Waals surface area (Å²) in [6.07, 6.45) is 1.85. The normalized spacial score (nSPS) is 10.7. The van der Waals surface area contributed by atoms with Crippen LogP contribution in [-0.4, -0.2) is 13.0 Å². The molecule has 0 unspecified atom stereocenters. The fourth-order valence-electron chi connectivity index (χ4n) is 2.29. The lowest BCUT2D eigenvalue weighted by Crippen LogP contribution is -2.14. The van der Waals surface area contributed by atoms with Crippen molar-refractivity contribution in [1.82, 2.24) is 0 Å². The minimum Gasteiger partial charge on any atom is -0.497 e. The van der Waals surface area contributed by atoms with Crippen molar-refractivity contribution in [2.75, 3.05) is 12.4 Å². The van der Waals surface area contributed by atoms with Crippen molar-refractivity contribution in [1.29, 1.82) is 0 Å². The van der Waals surface area contributed by atoms with E-state index in [9.17, 15) is 4.79 Å². The number of carbonyl (C=O) groups is 1. The van der Waals surface area contributed by atoms with Gasteiger partial charge in [0.2, 0.25) is 5.91 Å². The van der Waals surface area contributed by atoms with E-state index >= 15 is 0 Å². The average molecular weight is 439 g/mol. The van der Waals surface area contributed by atoms with E-state index in [1.54, 1.807) is 13.4 Å². The van der Waals surface area contributed by atoms with Crippen molar-refractivity contribution in [3.63, 3.8) is 0 Å². The molecule has 0 aliphatic rings. The Morgan fingerprint density at radius 3 is 2.78 bits per heavy atom. The van der Waals surface area contributed by atoms with Crippen molar-refractivity contribution in [2.45, 2.75) is 6.42 Å². The zero-order valence-electron chi connectivity index (χ0n) is 12.2. The fourth-order valence-corrected chi connectivity index (χ4v) is 3.43. The number of halogens is 2. The number of amides is 1. The number of benzene rings is 2. The minimum atomic E-state index is -0.105. The van der Waals surface area contributed by atoms with Crippen LogP contribution in [0.3, 0.4) is 0 Å². The molecule has 0 saturated carbocycles. The molecule has 6 heteroatoms. The van der Waals surface area contributed by atoms with Crippen LogP contribution in [0.5, 0.6) is 5.75 Å². The second kappa shape index (κ2) is 6.76. The van der Waals surface area contributed by atoms with E-state index in [0.29, 0.717) is 5.58 Å². The summed E-state index contributed by atoms with van der Waals surface area (Å²) in [5.41, 5.74) is 2.28. The summed E-state index contributed by atoms with van der Waals surface area (Å²) in [5.74, 6) is 0.619. The quantitative estimate of drug-likeness (QED) is 0.612. The first kappa shape index (κ1) is 16.1. The van der Waals surface area contributed by atoms with Crippen molar-refractivity contribution in [3.8, 4) is 5.75 Å². The van der Waals surface area contributed by atoms with Crippen LogP contribution in [-0.2, 0) is 11.2 Å². The molecule has 1 aromatic heterocycles. The highest BCUT2D eigenvalue weighted by Gasteiger charge is 2.12. The Bertz CT molecular complexity index is 873. The van der Waals surface area contributed by atoms with Gasteiger partial charge in [0.05, 0.1) is 25.5 Å². The Morgan fingerprint density at radius 1 is 1.22 bits per heavy atom. The fraction of sp³-hybridized carbons (Fsp3) is 0.118. The lowest BCUT2D eigenvalue weighted by atomic mass is 10.1. The number of methoxy groups -OCH3 is 1. The zero-order valence-corrected chi connectivity index (χ0v) is 15.4. The highest BCUT2D eigenvalue weighted by molar-refractivity contribution is 9.11. The zero-order chi connectivity index (χ0) is 16.4. The average Bonchev–Trinajstić information content (AvgIpc) is 2.92. The lowest BCUT2D eigenvalue weighted by Gasteiger charge is -2.07. The molecular formula is C17H13Br2NO3. The number of carbonyl (C=O) groups excluding carboxylic acids is 1. The van der Waals surface area contributed by atoms with Crippen LogP contribution in [0.15, 0.2) is 56.0 Å². The molecule has 0 aliphatic carbocycles. The Kier molecular flexibility index (Phi) is 4.73. The van der Waals surface area contributed by atoms with Crippen molar-refractivity contribution in [3.05, 3.63) is 57.2 Å². The van der Waals surface area contributed by atoms with Crippen LogP contribution in [0.25, 0.3) is 11.0 Å². The summed E-state index contributed by atoms with van der Waals surface area (Å²) in [6, 6.07) is 11.2. The van der Waals surface area contributed by atoms with Gasteiger partial charge in [0.15, 0.2) is 0 Å². The van der Waals surface area contributed by atoms with Crippen molar-refractivity contribution >= 4 is 54.4 Å². The Labute approximate surface area is 150 Å². The van der Waals surface area contributed by atoms with E-state index in [4.69, 9.17) is 9.15 Å². The van der Waals surface area contributed by atoms with E-state index in [0.717, 1.165) is 31.3 Å². The monoisotopic (exact) mass is 437 g/mol. The summed E-state index contributed by atoms with van der Waals surface area (Å²) in [5, 5.41) is 3.80. The summed E-state index contributed by atoms with van der Waals surface area (Å²) in [6.45, 7) is 0. The first-order chi connectivity index (χ1) is 11.1. The van der Waals surface area contributed by atoms with E-state index in [-0.39, 0.29) is 12.3 Å². The topological polar surface area (TPSA) is 51.5 Å². The van der Waals surface area contributed by atoms with Gasteiger partial charge in [-0.05, 0) is 46.3 Å². The molecule has 1 N–H and O–H groups in total. The van der Waals surface area contributed by atoms with Crippen LogP contribution in [0.1, 0.15) is 5.56 Å². The minimum absolute atomic E-state index is 0.105. The van der Waals surface area contributed by atoms with Crippen LogP contribution in [0.4, 0.5) is 5.69 Å². The molecule has 4 nitrogen and oxygen atoms in total. The lowest BCUT2D eigenvalue weighted by molar-refractivity contribution is -0.115. The van der Waals surface area contributed by atoms with Crippen LogP contribution in [0.2, 0.25) is 0 Å². The highest BCUT2D eigenvalue weighted by Crippen LogP contribution is 2.28. The molecule has 1 heterocycles. The van der Waals surface area contributed by atoms with Gasteiger partial charge in [0.1, 0.15) is 11.3 Å². The van der Waals surface area contributed by atoms with Gasteiger partial charge in [0.25, 0.3) is 0 Å². The van der Waals surface area contributed by atoms with E-state index in [1.165, 1.54) is 0 Å². The van der Waals surface area contributed by atoms with Crippen LogP contribution < -0.4 is 10.1 Å². The molecule has 23 heavy (non-hydrogen) atoms. The molecule has 0 spiro atoms. The third kappa shape index (κ3) is 3.59. The van der Waals surface area contributed by atoms with Gasteiger partial charge < -0.3 is 14.5 Å². The van der Waals surface area contributed by atoms with E-state index in [2.05, 4.69) is 37.2 Å². The molecule has 1 amide bonds. The van der Waals surface area contributed by atoms with E-state index in [1.807, 2.05) is 36.4 Å². The molecule has 0 bridgehead atoms. The summed E-state index contributed by atoms with van der Waals surface area (Å²) < 4.78 is 12.4. The second-order valence-corrected chi connectivity index (χ2v) is 6.74. The van der Waals surface area contributed by atoms with Crippen molar-refractivity contribution < 1.29 is 13.9 Å². The number of rotatable bonds is 4. The third-order valence-electron chi connectivity index (χ3n) is 3.42. The molecule has 118 valence electrons. The van der Waals surface area contributed by atoms with Gasteiger partial charge in [-0.1, -0.05) is 15.9 Å². The van der Waals surface area contributed by atoms with Gasteiger partial charge >= 0.3 is 0 Å². The molecule has 0 atom stereocenters. The number of hydrogen-bond acceptors (Lipinski definition) is 3. The predicted octanol–water partition coefficient (Wildman–Crippen LogP) is 5.15. The number of anilines is 1. The number of hydrogen-bond donors (Lipinski definition) is 1. The third-order valence-corrected chi connectivity index (χ3v) is 4.57. The summed E-state index contributed by atoms with van der Waals surface area (Å²) in [4.78, 5) is 12.3. The molecule has 0 saturated heterocycles. The first-order valence-electron chi connectivity index (χ1n) is 6.86.